The quantitative estimate of drug-likeness (QED) is 0.572. The molecule has 1 atom stereocenters. The van der Waals surface area contributed by atoms with Crippen molar-refractivity contribution in [3.8, 4) is 5.75 Å². The molecule has 0 spiro atoms. The topological polar surface area (TPSA) is 61.3 Å². The van der Waals surface area contributed by atoms with Gasteiger partial charge < -0.3 is 16.2 Å². The summed E-state index contributed by atoms with van der Waals surface area (Å²) >= 11 is 0. The largest absolute Gasteiger partial charge is 0.494 e. The molecule has 0 aliphatic rings. The van der Waals surface area contributed by atoms with Crippen LogP contribution in [0.2, 0.25) is 0 Å². The van der Waals surface area contributed by atoms with Gasteiger partial charge in [0.15, 0.2) is 0 Å². The first kappa shape index (κ1) is 19.0. The van der Waals surface area contributed by atoms with Crippen LogP contribution in [0, 0.1) is 5.92 Å². The maximum atomic E-state index is 5.80. The lowest BCUT2D eigenvalue weighted by molar-refractivity contribution is 0.305. The highest BCUT2D eigenvalue weighted by molar-refractivity contribution is 5.29. The van der Waals surface area contributed by atoms with Crippen LogP contribution in [0.1, 0.15) is 63.9 Å². The van der Waals surface area contributed by atoms with Crippen LogP contribution in [-0.2, 0) is 0 Å². The Labute approximate surface area is 136 Å². The molecular formula is C19H34N2O. The van der Waals surface area contributed by atoms with E-state index in [1.54, 1.807) is 0 Å². The molecule has 0 aliphatic heterocycles. The van der Waals surface area contributed by atoms with Gasteiger partial charge in [-0.3, -0.25) is 0 Å². The summed E-state index contributed by atoms with van der Waals surface area (Å²) in [5.74, 6) is 1.93. The summed E-state index contributed by atoms with van der Waals surface area (Å²) in [5, 5.41) is 0. The van der Waals surface area contributed by atoms with Crippen LogP contribution in [0.3, 0.4) is 0 Å². The van der Waals surface area contributed by atoms with Crippen LogP contribution in [-0.4, -0.2) is 19.7 Å². The SMILES string of the molecule is CCCCCCOc1ccc(C(CC)CC(CN)CN)cc1. The molecule has 1 aromatic rings. The van der Waals surface area contributed by atoms with Crippen LogP contribution in [0.25, 0.3) is 0 Å². The predicted octanol–water partition coefficient (Wildman–Crippen LogP) is 4.06. The fourth-order valence-electron chi connectivity index (χ4n) is 2.78. The average Bonchev–Trinajstić information content (AvgIpc) is 2.57. The van der Waals surface area contributed by atoms with E-state index in [9.17, 15) is 0 Å². The van der Waals surface area contributed by atoms with Gasteiger partial charge in [-0.05, 0) is 61.9 Å². The second kappa shape index (κ2) is 11.5. The molecule has 0 amide bonds. The molecule has 4 N–H and O–H groups in total. The summed E-state index contributed by atoms with van der Waals surface area (Å²) < 4.78 is 5.80. The summed E-state index contributed by atoms with van der Waals surface area (Å²) in [7, 11) is 0. The van der Waals surface area contributed by atoms with E-state index in [2.05, 4.69) is 38.1 Å². The van der Waals surface area contributed by atoms with Crippen LogP contribution in [0.15, 0.2) is 24.3 Å². The zero-order valence-electron chi connectivity index (χ0n) is 14.4. The van der Waals surface area contributed by atoms with Crippen molar-refractivity contribution in [3.63, 3.8) is 0 Å². The third-order valence-electron chi connectivity index (χ3n) is 4.40. The van der Waals surface area contributed by atoms with Gasteiger partial charge in [0.1, 0.15) is 5.75 Å². The maximum Gasteiger partial charge on any atom is 0.119 e. The van der Waals surface area contributed by atoms with Gasteiger partial charge in [0.05, 0.1) is 6.61 Å². The van der Waals surface area contributed by atoms with Crippen LogP contribution in [0.5, 0.6) is 5.75 Å². The third-order valence-corrected chi connectivity index (χ3v) is 4.40. The average molecular weight is 306 g/mol. The van der Waals surface area contributed by atoms with Crippen LogP contribution < -0.4 is 16.2 Å². The van der Waals surface area contributed by atoms with Crippen LogP contribution >= 0.6 is 0 Å². The van der Waals surface area contributed by atoms with Crippen molar-refractivity contribution in [2.75, 3.05) is 19.7 Å². The van der Waals surface area contributed by atoms with Gasteiger partial charge in [-0.15, -0.1) is 0 Å². The monoisotopic (exact) mass is 306 g/mol. The Morgan fingerprint density at radius 2 is 1.64 bits per heavy atom. The first-order valence-corrected chi connectivity index (χ1v) is 8.87. The summed E-state index contributed by atoms with van der Waals surface area (Å²) in [5.41, 5.74) is 12.9. The molecule has 1 rings (SSSR count). The van der Waals surface area contributed by atoms with E-state index < -0.39 is 0 Å². The van der Waals surface area contributed by atoms with E-state index in [1.165, 1.54) is 24.8 Å². The number of hydrogen-bond donors (Lipinski definition) is 2. The predicted molar refractivity (Wildman–Crippen MR) is 95.3 cm³/mol. The minimum Gasteiger partial charge on any atom is -0.494 e. The van der Waals surface area contributed by atoms with E-state index in [0.29, 0.717) is 24.9 Å². The molecule has 22 heavy (non-hydrogen) atoms. The highest BCUT2D eigenvalue weighted by Gasteiger charge is 2.15. The molecule has 0 saturated carbocycles. The minimum absolute atomic E-state index is 0.416. The maximum absolute atomic E-state index is 5.80. The van der Waals surface area contributed by atoms with Gasteiger partial charge in [-0.25, -0.2) is 0 Å². The van der Waals surface area contributed by atoms with E-state index >= 15 is 0 Å². The lowest BCUT2D eigenvalue weighted by Crippen LogP contribution is -2.25. The van der Waals surface area contributed by atoms with Crippen molar-refractivity contribution in [3.05, 3.63) is 29.8 Å². The van der Waals surface area contributed by atoms with Crippen molar-refractivity contribution in [1.82, 2.24) is 0 Å². The zero-order chi connectivity index (χ0) is 16.2. The molecule has 126 valence electrons. The number of nitrogens with two attached hydrogens (primary N) is 2. The number of ether oxygens (including phenoxy) is 1. The van der Waals surface area contributed by atoms with Crippen molar-refractivity contribution in [2.45, 2.75) is 58.3 Å². The molecular weight excluding hydrogens is 272 g/mol. The Morgan fingerprint density at radius 3 is 2.18 bits per heavy atom. The van der Waals surface area contributed by atoms with Gasteiger partial charge in [0.2, 0.25) is 0 Å². The van der Waals surface area contributed by atoms with E-state index in [1.807, 2.05) is 0 Å². The van der Waals surface area contributed by atoms with Gasteiger partial charge >= 0.3 is 0 Å². The summed E-state index contributed by atoms with van der Waals surface area (Å²) in [6.45, 7) is 6.62. The van der Waals surface area contributed by atoms with Gasteiger partial charge in [0, 0.05) is 0 Å². The first-order chi connectivity index (χ1) is 10.7. The molecule has 0 aliphatic carbocycles. The number of rotatable bonds is 12. The normalized spacial score (nSPS) is 12.6. The Balaban J connectivity index is 2.47. The molecule has 0 aromatic heterocycles. The highest BCUT2D eigenvalue weighted by Crippen LogP contribution is 2.28. The minimum atomic E-state index is 0.416. The smallest absolute Gasteiger partial charge is 0.119 e. The molecule has 0 radical (unpaired) electrons. The Kier molecular flexibility index (Phi) is 9.93. The molecule has 3 heteroatoms. The van der Waals surface area contributed by atoms with Gasteiger partial charge in [0.25, 0.3) is 0 Å². The van der Waals surface area contributed by atoms with Crippen molar-refractivity contribution >= 4 is 0 Å². The second-order valence-electron chi connectivity index (χ2n) is 6.16. The number of hydrogen-bond acceptors (Lipinski definition) is 3. The van der Waals surface area contributed by atoms with Crippen molar-refractivity contribution < 1.29 is 4.74 Å². The summed E-state index contributed by atoms with van der Waals surface area (Å²) in [4.78, 5) is 0. The van der Waals surface area contributed by atoms with E-state index in [4.69, 9.17) is 16.2 Å². The zero-order valence-corrected chi connectivity index (χ0v) is 14.4. The van der Waals surface area contributed by atoms with Gasteiger partial charge in [-0.2, -0.15) is 0 Å². The number of unbranched alkanes of at least 4 members (excludes halogenated alkanes) is 3. The molecule has 1 unspecified atom stereocenters. The second-order valence-corrected chi connectivity index (χ2v) is 6.16. The molecule has 0 heterocycles. The molecule has 0 saturated heterocycles. The Hall–Kier alpha value is -1.06. The molecule has 0 fully saturated rings. The first-order valence-electron chi connectivity index (χ1n) is 8.87. The lowest BCUT2D eigenvalue weighted by atomic mass is 9.87. The van der Waals surface area contributed by atoms with Gasteiger partial charge in [-0.1, -0.05) is 45.2 Å². The van der Waals surface area contributed by atoms with Crippen molar-refractivity contribution in [2.24, 2.45) is 17.4 Å². The molecule has 1 aromatic carbocycles. The van der Waals surface area contributed by atoms with Crippen molar-refractivity contribution in [1.29, 1.82) is 0 Å². The fraction of sp³-hybridized carbons (Fsp3) is 0.684. The third kappa shape index (κ3) is 6.80. The summed E-state index contributed by atoms with van der Waals surface area (Å²) in [6.07, 6.45) is 7.14. The Morgan fingerprint density at radius 1 is 0.955 bits per heavy atom. The van der Waals surface area contributed by atoms with E-state index in [-0.39, 0.29) is 0 Å². The summed E-state index contributed by atoms with van der Waals surface area (Å²) in [6, 6.07) is 8.58. The fourth-order valence-corrected chi connectivity index (χ4v) is 2.78. The van der Waals surface area contributed by atoms with Crippen LogP contribution in [0.4, 0.5) is 0 Å². The molecule has 3 nitrogen and oxygen atoms in total. The standard InChI is InChI=1S/C19H34N2O/c1-3-5-6-7-12-22-19-10-8-18(9-11-19)17(4-2)13-16(14-20)15-21/h8-11,16-17H,3-7,12-15,20-21H2,1-2H3. The molecule has 0 bridgehead atoms. The number of benzene rings is 1. The lowest BCUT2D eigenvalue weighted by Gasteiger charge is -2.21. The highest BCUT2D eigenvalue weighted by atomic mass is 16.5. The Bertz CT molecular complexity index is 374. The van der Waals surface area contributed by atoms with E-state index in [0.717, 1.165) is 31.6 Å².